The van der Waals surface area contributed by atoms with Crippen LogP contribution in [0.25, 0.3) is 0 Å². The lowest BCUT2D eigenvalue weighted by molar-refractivity contribution is 0.547. The molecule has 0 saturated heterocycles. The van der Waals surface area contributed by atoms with Gasteiger partial charge in [-0.2, -0.15) is 0 Å². The maximum absolute atomic E-state index is 6.19. The minimum atomic E-state index is 0.130. The molecule has 0 aliphatic rings. The summed E-state index contributed by atoms with van der Waals surface area (Å²) in [7, 11) is 0. The fraction of sp³-hybridized carbons (Fsp3) is 0.600. The highest BCUT2D eigenvalue weighted by Gasteiger charge is 2.07. The van der Waals surface area contributed by atoms with E-state index in [1.54, 1.807) is 0 Å². The average molecular weight is 380 g/mol. The Bertz CT molecular complexity index is 354. The van der Waals surface area contributed by atoms with Crippen LogP contribution in [0.4, 0.5) is 0 Å². The smallest absolute Gasteiger partial charge is 0.0542 e. The SMILES string of the molecule is CCCCCCCCC(N)c1ccc(I)c(Cl)c1. The van der Waals surface area contributed by atoms with Crippen molar-refractivity contribution in [1.82, 2.24) is 0 Å². The van der Waals surface area contributed by atoms with Crippen molar-refractivity contribution in [2.75, 3.05) is 0 Å². The summed E-state index contributed by atoms with van der Waals surface area (Å²) >= 11 is 8.35. The van der Waals surface area contributed by atoms with Crippen LogP contribution in [0, 0.1) is 3.57 Å². The summed E-state index contributed by atoms with van der Waals surface area (Å²) in [6, 6.07) is 6.27. The number of hydrogen-bond donors (Lipinski definition) is 1. The van der Waals surface area contributed by atoms with Gasteiger partial charge in [-0.25, -0.2) is 0 Å². The first-order chi connectivity index (χ1) is 8.65. The molecule has 1 nitrogen and oxygen atoms in total. The van der Waals surface area contributed by atoms with E-state index >= 15 is 0 Å². The highest BCUT2D eigenvalue weighted by Crippen LogP contribution is 2.24. The first-order valence-corrected chi connectivity index (χ1v) is 8.31. The highest BCUT2D eigenvalue weighted by atomic mass is 127. The molecule has 1 atom stereocenters. The Balaban J connectivity index is 2.27. The zero-order valence-electron chi connectivity index (χ0n) is 11.1. The molecule has 0 heterocycles. The largest absolute Gasteiger partial charge is 0.324 e. The van der Waals surface area contributed by atoms with Gasteiger partial charge in [0.25, 0.3) is 0 Å². The lowest BCUT2D eigenvalue weighted by atomic mass is 10.0. The van der Waals surface area contributed by atoms with Gasteiger partial charge in [-0.15, -0.1) is 0 Å². The van der Waals surface area contributed by atoms with Crippen molar-refractivity contribution < 1.29 is 0 Å². The maximum Gasteiger partial charge on any atom is 0.0542 e. The van der Waals surface area contributed by atoms with Gasteiger partial charge in [-0.05, 0) is 46.7 Å². The molecule has 0 aromatic heterocycles. The van der Waals surface area contributed by atoms with Gasteiger partial charge in [-0.1, -0.05) is 63.1 Å². The molecule has 1 rings (SSSR count). The van der Waals surface area contributed by atoms with Crippen molar-refractivity contribution >= 4 is 34.2 Å². The second-order valence-corrected chi connectivity index (χ2v) is 6.41. The third kappa shape index (κ3) is 5.89. The topological polar surface area (TPSA) is 26.0 Å². The zero-order chi connectivity index (χ0) is 13.4. The zero-order valence-corrected chi connectivity index (χ0v) is 14.0. The lowest BCUT2D eigenvalue weighted by Gasteiger charge is -2.12. The monoisotopic (exact) mass is 379 g/mol. The Labute approximate surface area is 130 Å². The van der Waals surface area contributed by atoms with Gasteiger partial charge in [0, 0.05) is 9.61 Å². The van der Waals surface area contributed by atoms with Crippen LogP contribution in [0.3, 0.4) is 0 Å². The van der Waals surface area contributed by atoms with Gasteiger partial charge in [0.15, 0.2) is 0 Å². The predicted molar refractivity (Wildman–Crippen MR) is 89.1 cm³/mol. The van der Waals surface area contributed by atoms with Crippen LogP contribution in [-0.2, 0) is 0 Å². The van der Waals surface area contributed by atoms with E-state index in [9.17, 15) is 0 Å². The number of halogens is 2. The number of unbranched alkanes of at least 4 members (excludes halogenated alkanes) is 5. The molecule has 0 amide bonds. The van der Waals surface area contributed by atoms with Crippen molar-refractivity contribution in [2.24, 2.45) is 5.73 Å². The van der Waals surface area contributed by atoms with Gasteiger partial charge in [0.05, 0.1) is 5.02 Å². The Hall–Kier alpha value is 0.200. The molecular formula is C15H23ClIN. The lowest BCUT2D eigenvalue weighted by Crippen LogP contribution is -2.10. The number of nitrogens with two attached hydrogens (primary N) is 1. The van der Waals surface area contributed by atoms with Gasteiger partial charge in [0.2, 0.25) is 0 Å². The van der Waals surface area contributed by atoms with Crippen molar-refractivity contribution in [1.29, 1.82) is 0 Å². The summed E-state index contributed by atoms with van der Waals surface area (Å²) in [5.41, 5.74) is 7.35. The molecular weight excluding hydrogens is 357 g/mol. The molecule has 0 aliphatic carbocycles. The van der Waals surface area contributed by atoms with Gasteiger partial charge in [0.1, 0.15) is 0 Å². The molecule has 3 heteroatoms. The molecule has 1 unspecified atom stereocenters. The van der Waals surface area contributed by atoms with Crippen molar-refractivity contribution in [3.63, 3.8) is 0 Å². The molecule has 1 aromatic carbocycles. The summed E-state index contributed by atoms with van der Waals surface area (Å²) in [6.07, 6.45) is 8.94. The first-order valence-electron chi connectivity index (χ1n) is 6.85. The Morgan fingerprint density at radius 1 is 1.17 bits per heavy atom. The minimum absolute atomic E-state index is 0.130. The number of benzene rings is 1. The number of hydrogen-bond acceptors (Lipinski definition) is 1. The predicted octanol–water partition coefficient (Wildman–Crippen LogP) is 5.70. The van der Waals surface area contributed by atoms with E-state index in [-0.39, 0.29) is 6.04 Å². The molecule has 0 fully saturated rings. The quantitative estimate of drug-likeness (QED) is 0.455. The molecule has 0 spiro atoms. The normalized spacial score (nSPS) is 12.7. The molecule has 0 radical (unpaired) electrons. The second-order valence-electron chi connectivity index (χ2n) is 4.84. The average Bonchev–Trinajstić information content (AvgIpc) is 2.36. The van der Waals surface area contributed by atoms with Crippen LogP contribution in [0.1, 0.15) is 63.5 Å². The molecule has 18 heavy (non-hydrogen) atoms. The first kappa shape index (κ1) is 16.3. The van der Waals surface area contributed by atoms with E-state index in [0.29, 0.717) is 0 Å². The Morgan fingerprint density at radius 2 is 1.83 bits per heavy atom. The summed E-state index contributed by atoms with van der Waals surface area (Å²) < 4.78 is 1.09. The van der Waals surface area contributed by atoms with Gasteiger partial charge >= 0.3 is 0 Å². The van der Waals surface area contributed by atoms with Crippen molar-refractivity contribution in [3.05, 3.63) is 32.4 Å². The van der Waals surface area contributed by atoms with Gasteiger partial charge in [-0.3, -0.25) is 0 Å². The van der Waals surface area contributed by atoms with E-state index < -0.39 is 0 Å². The van der Waals surface area contributed by atoms with Crippen LogP contribution >= 0.6 is 34.2 Å². The second kappa shape index (κ2) is 9.16. The minimum Gasteiger partial charge on any atom is -0.324 e. The third-order valence-electron chi connectivity index (χ3n) is 3.24. The van der Waals surface area contributed by atoms with E-state index in [4.69, 9.17) is 17.3 Å². The molecule has 0 aliphatic heterocycles. The summed E-state index contributed by atoms with van der Waals surface area (Å²) in [5.74, 6) is 0. The maximum atomic E-state index is 6.19. The van der Waals surface area contributed by atoms with Crippen LogP contribution < -0.4 is 5.73 Å². The molecule has 1 aromatic rings. The van der Waals surface area contributed by atoms with Crippen molar-refractivity contribution in [3.8, 4) is 0 Å². The standard InChI is InChI=1S/C15H23ClIN/c1-2-3-4-5-6-7-8-15(18)12-9-10-14(17)13(16)11-12/h9-11,15H,2-8,18H2,1H3. The van der Waals surface area contributed by atoms with E-state index in [1.807, 2.05) is 12.1 Å². The Kier molecular flexibility index (Phi) is 8.27. The summed E-state index contributed by atoms with van der Waals surface area (Å²) in [4.78, 5) is 0. The van der Waals surface area contributed by atoms with Crippen molar-refractivity contribution in [2.45, 2.75) is 57.9 Å². The third-order valence-corrected chi connectivity index (χ3v) is 4.81. The summed E-state index contributed by atoms with van der Waals surface area (Å²) in [5, 5.41) is 0.812. The van der Waals surface area contributed by atoms with Crippen LogP contribution in [0.15, 0.2) is 18.2 Å². The van der Waals surface area contributed by atoms with E-state index in [2.05, 4.69) is 35.6 Å². The van der Waals surface area contributed by atoms with Crippen LogP contribution in [0.2, 0.25) is 5.02 Å². The van der Waals surface area contributed by atoms with E-state index in [1.165, 1.54) is 38.5 Å². The molecule has 102 valence electrons. The van der Waals surface area contributed by atoms with Crippen LogP contribution in [-0.4, -0.2) is 0 Å². The molecule has 0 saturated carbocycles. The summed E-state index contributed by atoms with van der Waals surface area (Å²) in [6.45, 7) is 2.25. The fourth-order valence-corrected chi connectivity index (χ4v) is 2.58. The van der Waals surface area contributed by atoms with E-state index in [0.717, 1.165) is 20.6 Å². The van der Waals surface area contributed by atoms with Gasteiger partial charge < -0.3 is 5.73 Å². The Morgan fingerprint density at radius 3 is 2.50 bits per heavy atom. The fourth-order valence-electron chi connectivity index (χ4n) is 2.05. The molecule has 2 N–H and O–H groups in total. The van der Waals surface area contributed by atoms with Crippen LogP contribution in [0.5, 0.6) is 0 Å². The number of rotatable bonds is 8. The molecule has 0 bridgehead atoms. The highest BCUT2D eigenvalue weighted by molar-refractivity contribution is 14.1.